The van der Waals surface area contributed by atoms with E-state index < -0.39 is 0 Å². The second kappa shape index (κ2) is 8.05. The monoisotopic (exact) mass is 264 g/mol. The van der Waals surface area contributed by atoms with E-state index in [-0.39, 0.29) is 6.04 Å². The van der Waals surface area contributed by atoms with E-state index >= 15 is 0 Å². The van der Waals surface area contributed by atoms with Crippen LogP contribution in [0.2, 0.25) is 0 Å². The Bertz CT molecular complexity index is 379. The Morgan fingerprint density at radius 3 is 2.58 bits per heavy atom. The quantitative estimate of drug-likeness (QED) is 0.703. The molecule has 0 aromatic heterocycles. The van der Waals surface area contributed by atoms with Gasteiger partial charge in [0.2, 0.25) is 0 Å². The van der Waals surface area contributed by atoms with Gasteiger partial charge in [0.15, 0.2) is 0 Å². The van der Waals surface area contributed by atoms with Crippen molar-refractivity contribution in [3.63, 3.8) is 0 Å². The molecule has 1 aromatic rings. The van der Waals surface area contributed by atoms with Gasteiger partial charge in [0.1, 0.15) is 5.75 Å². The molecule has 1 aromatic carbocycles. The second-order valence-corrected chi connectivity index (χ2v) is 5.15. The Kier molecular flexibility index (Phi) is 6.71. The summed E-state index contributed by atoms with van der Waals surface area (Å²) >= 11 is 0. The number of hydrogen-bond donors (Lipinski definition) is 2. The third-order valence-corrected chi connectivity index (χ3v) is 3.53. The fraction of sp³-hybridized carbons (Fsp3) is 0.625. The average molecular weight is 264 g/mol. The number of benzene rings is 1. The SMILES string of the molecule is CCCCCN(C)c1ccc(C(C)NCC)c(O)c1. The molecule has 1 rings (SSSR count). The predicted octanol–water partition coefficient (Wildman–Crippen LogP) is 3.69. The fourth-order valence-corrected chi connectivity index (χ4v) is 2.28. The average Bonchev–Trinajstić information content (AvgIpc) is 2.39. The Labute approximate surface area is 117 Å². The first kappa shape index (κ1) is 15.8. The number of nitrogens with zero attached hydrogens (tertiary/aromatic N) is 1. The largest absolute Gasteiger partial charge is 0.508 e. The summed E-state index contributed by atoms with van der Waals surface area (Å²) in [5, 5.41) is 13.5. The van der Waals surface area contributed by atoms with E-state index in [1.165, 1.54) is 19.3 Å². The molecule has 0 aliphatic heterocycles. The molecule has 0 bridgehead atoms. The summed E-state index contributed by atoms with van der Waals surface area (Å²) in [6.45, 7) is 8.30. The number of hydrogen-bond acceptors (Lipinski definition) is 3. The molecule has 0 heterocycles. The van der Waals surface area contributed by atoms with Crippen molar-refractivity contribution in [2.75, 3.05) is 25.0 Å². The highest BCUT2D eigenvalue weighted by atomic mass is 16.3. The first-order valence-corrected chi connectivity index (χ1v) is 7.37. The minimum atomic E-state index is 0.185. The normalized spacial score (nSPS) is 12.4. The van der Waals surface area contributed by atoms with E-state index in [9.17, 15) is 5.11 Å². The molecule has 0 radical (unpaired) electrons. The fourth-order valence-electron chi connectivity index (χ4n) is 2.28. The van der Waals surface area contributed by atoms with E-state index in [2.05, 4.69) is 44.1 Å². The van der Waals surface area contributed by atoms with Crippen LogP contribution in [0.1, 0.15) is 51.6 Å². The van der Waals surface area contributed by atoms with E-state index in [1.54, 1.807) is 0 Å². The van der Waals surface area contributed by atoms with Crippen molar-refractivity contribution < 1.29 is 5.11 Å². The molecule has 0 saturated heterocycles. The Hall–Kier alpha value is -1.22. The number of unbranched alkanes of at least 4 members (excludes halogenated alkanes) is 2. The van der Waals surface area contributed by atoms with Crippen LogP contribution in [-0.4, -0.2) is 25.2 Å². The van der Waals surface area contributed by atoms with Crippen molar-refractivity contribution in [2.24, 2.45) is 0 Å². The number of aromatic hydroxyl groups is 1. The molecule has 108 valence electrons. The molecule has 0 aliphatic carbocycles. The van der Waals surface area contributed by atoms with E-state index in [4.69, 9.17) is 0 Å². The van der Waals surface area contributed by atoms with Gasteiger partial charge in [-0.25, -0.2) is 0 Å². The molecule has 3 heteroatoms. The van der Waals surface area contributed by atoms with Gasteiger partial charge in [-0.15, -0.1) is 0 Å². The van der Waals surface area contributed by atoms with Crippen LogP contribution in [0.3, 0.4) is 0 Å². The van der Waals surface area contributed by atoms with Crippen LogP contribution in [0.25, 0.3) is 0 Å². The minimum Gasteiger partial charge on any atom is -0.508 e. The Morgan fingerprint density at radius 2 is 2.00 bits per heavy atom. The maximum absolute atomic E-state index is 10.1. The highest BCUT2D eigenvalue weighted by Crippen LogP contribution is 2.28. The van der Waals surface area contributed by atoms with Crippen LogP contribution < -0.4 is 10.2 Å². The molecule has 2 N–H and O–H groups in total. The van der Waals surface area contributed by atoms with Crippen molar-refractivity contribution >= 4 is 5.69 Å². The van der Waals surface area contributed by atoms with Crippen molar-refractivity contribution in [3.05, 3.63) is 23.8 Å². The Balaban J connectivity index is 2.70. The summed E-state index contributed by atoms with van der Waals surface area (Å²) in [6, 6.07) is 6.17. The smallest absolute Gasteiger partial charge is 0.122 e. The maximum atomic E-state index is 10.1. The summed E-state index contributed by atoms with van der Waals surface area (Å²) in [5.74, 6) is 0.383. The summed E-state index contributed by atoms with van der Waals surface area (Å²) < 4.78 is 0. The summed E-state index contributed by atoms with van der Waals surface area (Å²) in [4.78, 5) is 2.21. The molecule has 0 saturated carbocycles. The zero-order chi connectivity index (χ0) is 14.3. The predicted molar refractivity (Wildman–Crippen MR) is 83.0 cm³/mol. The zero-order valence-electron chi connectivity index (χ0n) is 12.7. The van der Waals surface area contributed by atoms with E-state index in [0.717, 1.165) is 24.3 Å². The van der Waals surface area contributed by atoms with Crippen molar-refractivity contribution in [2.45, 2.75) is 46.1 Å². The molecule has 0 amide bonds. The molecule has 0 fully saturated rings. The van der Waals surface area contributed by atoms with Crippen LogP contribution in [0.4, 0.5) is 5.69 Å². The highest BCUT2D eigenvalue weighted by molar-refractivity contribution is 5.53. The van der Waals surface area contributed by atoms with Gasteiger partial charge in [-0.1, -0.05) is 32.8 Å². The van der Waals surface area contributed by atoms with Crippen LogP contribution in [-0.2, 0) is 0 Å². The lowest BCUT2D eigenvalue weighted by molar-refractivity contribution is 0.454. The topological polar surface area (TPSA) is 35.5 Å². The van der Waals surface area contributed by atoms with Crippen molar-refractivity contribution in [1.82, 2.24) is 5.32 Å². The second-order valence-electron chi connectivity index (χ2n) is 5.15. The number of nitrogens with one attached hydrogen (secondary N) is 1. The van der Waals surface area contributed by atoms with E-state index in [0.29, 0.717) is 5.75 Å². The third kappa shape index (κ3) is 4.75. The lowest BCUT2D eigenvalue weighted by atomic mass is 10.1. The van der Waals surface area contributed by atoms with Crippen LogP contribution in [0.5, 0.6) is 5.75 Å². The lowest BCUT2D eigenvalue weighted by Crippen LogP contribution is -2.20. The Morgan fingerprint density at radius 1 is 1.26 bits per heavy atom. The summed E-state index contributed by atoms with van der Waals surface area (Å²) in [5.41, 5.74) is 2.05. The van der Waals surface area contributed by atoms with Gasteiger partial charge >= 0.3 is 0 Å². The zero-order valence-corrected chi connectivity index (χ0v) is 12.7. The van der Waals surface area contributed by atoms with Gasteiger partial charge < -0.3 is 15.3 Å². The van der Waals surface area contributed by atoms with Crippen molar-refractivity contribution in [1.29, 1.82) is 0 Å². The molecule has 1 atom stereocenters. The van der Waals surface area contributed by atoms with Gasteiger partial charge in [0.25, 0.3) is 0 Å². The first-order valence-electron chi connectivity index (χ1n) is 7.37. The minimum absolute atomic E-state index is 0.185. The number of anilines is 1. The number of rotatable bonds is 8. The molecular weight excluding hydrogens is 236 g/mol. The maximum Gasteiger partial charge on any atom is 0.122 e. The van der Waals surface area contributed by atoms with Crippen LogP contribution in [0.15, 0.2) is 18.2 Å². The molecule has 3 nitrogen and oxygen atoms in total. The summed E-state index contributed by atoms with van der Waals surface area (Å²) in [6.07, 6.45) is 3.69. The molecule has 0 spiro atoms. The van der Waals surface area contributed by atoms with Gasteiger partial charge in [-0.05, 0) is 26.0 Å². The molecular formula is C16H28N2O. The van der Waals surface area contributed by atoms with Crippen molar-refractivity contribution in [3.8, 4) is 5.75 Å². The van der Waals surface area contributed by atoms with Gasteiger partial charge in [0.05, 0.1) is 0 Å². The van der Waals surface area contributed by atoms with Gasteiger partial charge in [-0.3, -0.25) is 0 Å². The summed E-state index contributed by atoms with van der Waals surface area (Å²) in [7, 11) is 2.08. The molecule has 19 heavy (non-hydrogen) atoms. The number of phenols is 1. The molecule has 1 unspecified atom stereocenters. The molecule has 0 aliphatic rings. The van der Waals surface area contributed by atoms with E-state index in [1.807, 2.05) is 12.1 Å². The standard InChI is InChI=1S/C16H28N2O/c1-5-7-8-11-18(4)14-9-10-15(16(19)12-14)13(3)17-6-2/h9-10,12-13,17,19H,5-8,11H2,1-4H3. The third-order valence-electron chi connectivity index (χ3n) is 3.53. The van der Waals surface area contributed by atoms with Crippen LogP contribution >= 0.6 is 0 Å². The number of phenolic OH excluding ortho intramolecular Hbond substituents is 1. The lowest BCUT2D eigenvalue weighted by Gasteiger charge is -2.21. The van der Waals surface area contributed by atoms with Gasteiger partial charge in [-0.2, -0.15) is 0 Å². The first-order chi connectivity index (χ1) is 9.10. The highest BCUT2D eigenvalue weighted by Gasteiger charge is 2.11. The van der Waals surface area contributed by atoms with Crippen LogP contribution in [0, 0.1) is 0 Å². The van der Waals surface area contributed by atoms with Gasteiger partial charge in [0, 0.05) is 37.0 Å².